The van der Waals surface area contributed by atoms with Crippen LogP contribution >= 0.6 is 0 Å². The fourth-order valence-electron chi connectivity index (χ4n) is 5.41. The maximum absolute atomic E-state index is 14.0. The van der Waals surface area contributed by atoms with E-state index >= 15 is 0 Å². The van der Waals surface area contributed by atoms with Crippen molar-refractivity contribution in [2.45, 2.75) is 12.2 Å². The first kappa shape index (κ1) is 27.6. The maximum Gasteiger partial charge on any atom is 0.488 e. The third-order valence-corrected chi connectivity index (χ3v) is 7.51. The van der Waals surface area contributed by atoms with Crippen LogP contribution in [0, 0.1) is 11.3 Å². The molecule has 3 aromatic carbocycles. The van der Waals surface area contributed by atoms with Gasteiger partial charge in [-0.2, -0.15) is 26.9 Å². The van der Waals surface area contributed by atoms with Crippen molar-refractivity contribution in [3.63, 3.8) is 0 Å². The molecule has 6 rings (SSSR count). The van der Waals surface area contributed by atoms with Gasteiger partial charge in [-0.3, -0.25) is 4.79 Å². The highest BCUT2D eigenvalue weighted by Gasteiger charge is 2.31. The number of nitriles is 1. The summed E-state index contributed by atoms with van der Waals surface area (Å²) < 4.78 is 86.5. The van der Waals surface area contributed by atoms with Gasteiger partial charge in [-0.05, 0) is 49.0 Å². The van der Waals surface area contributed by atoms with Crippen LogP contribution in [0.3, 0.4) is 0 Å². The maximum atomic E-state index is 14.0. The van der Waals surface area contributed by atoms with Crippen LogP contribution in [-0.4, -0.2) is 55.8 Å². The summed E-state index contributed by atoms with van der Waals surface area (Å²) in [7, 11) is -3.45. The van der Waals surface area contributed by atoms with Gasteiger partial charge >= 0.3 is 16.7 Å². The van der Waals surface area contributed by atoms with E-state index in [9.17, 15) is 35.5 Å². The Morgan fingerprint density at radius 3 is 2.52 bits per heavy atom. The van der Waals surface area contributed by atoms with Gasteiger partial charge in [-0.25, -0.2) is 0 Å². The van der Waals surface area contributed by atoms with Crippen molar-refractivity contribution in [2.75, 3.05) is 26.7 Å². The highest BCUT2D eigenvalue weighted by Crippen LogP contribution is 2.39. The minimum atomic E-state index is -5.37. The van der Waals surface area contributed by atoms with E-state index in [0.29, 0.717) is 46.1 Å². The average molecular weight is 601 g/mol. The Kier molecular flexibility index (Phi) is 6.39. The summed E-state index contributed by atoms with van der Waals surface area (Å²) in [6.07, 6.45) is -4.70. The normalized spacial score (nSPS) is 14.8. The van der Waals surface area contributed by atoms with Crippen LogP contribution in [0.15, 0.2) is 59.4 Å². The number of likely N-dealkylation sites (tertiary alicyclic amines) is 1. The number of aromatic nitrogens is 2. The molecule has 0 bridgehead atoms. The number of hydrogen-bond acceptors (Lipinski definition) is 7. The molecule has 0 unspecified atom stereocenters. The largest absolute Gasteiger partial charge is 0.488 e. The zero-order chi connectivity index (χ0) is 30.0. The third-order valence-electron chi connectivity index (χ3n) is 7.12. The highest BCUT2D eigenvalue weighted by molar-refractivity contribution is 7.81. The van der Waals surface area contributed by atoms with E-state index in [0.717, 1.165) is 6.07 Å². The van der Waals surface area contributed by atoms with Gasteiger partial charge in [0.2, 0.25) is 0 Å². The molecule has 0 amide bonds. The summed E-state index contributed by atoms with van der Waals surface area (Å²) in [5.74, 6) is -0.699. The highest BCUT2D eigenvalue weighted by atomic mass is 32.3. The number of H-pyrrole nitrogens is 1. The number of fused-ring (bicyclic) bond motifs is 4. The summed E-state index contributed by atoms with van der Waals surface area (Å²) in [5, 5.41) is 10.3. The number of benzene rings is 3. The van der Waals surface area contributed by atoms with Crippen LogP contribution in [0.1, 0.15) is 11.6 Å². The smallest absolute Gasteiger partial charge is 0.483 e. The molecular weight excluding hydrogens is 580 g/mol. The number of pyridine rings is 1. The zero-order valence-electron chi connectivity index (χ0n) is 21.7. The first-order valence-corrected chi connectivity index (χ1v) is 13.8. The summed E-state index contributed by atoms with van der Waals surface area (Å²) in [6.45, 7) is -0.426. The number of nitrogens with zero attached hydrogens (tertiary/aromatic N) is 3. The van der Waals surface area contributed by atoms with Crippen molar-refractivity contribution in [2.24, 2.45) is 0 Å². The molecule has 0 spiro atoms. The molecular formula is C28H20F4N4O5S. The lowest BCUT2D eigenvalue weighted by Gasteiger charge is -2.39. The fraction of sp³-hybridized carbons (Fsp3) is 0.214. The second-order valence-corrected chi connectivity index (χ2v) is 11.0. The minimum absolute atomic E-state index is 0.0940. The zero-order valence-corrected chi connectivity index (χ0v) is 22.5. The van der Waals surface area contributed by atoms with Crippen LogP contribution in [0.4, 0.5) is 17.1 Å². The lowest BCUT2D eigenvalue weighted by atomic mass is 9.99. The van der Waals surface area contributed by atoms with Gasteiger partial charge < -0.3 is 23.4 Å². The second-order valence-electron chi connectivity index (χ2n) is 10.1. The number of hydrogen-bond donors (Lipinski definition) is 1. The molecule has 5 aromatic rings. The average Bonchev–Trinajstić information content (AvgIpc) is 3.28. The lowest BCUT2D eigenvalue weighted by molar-refractivity contribution is -0.153. The topological polar surface area (TPSA) is 117 Å². The number of halogens is 4. The van der Waals surface area contributed by atoms with E-state index < -0.39 is 34.5 Å². The van der Waals surface area contributed by atoms with E-state index in [-0.39, 0.29) is 28.3 Å². The number of aromatic amines is 1. The Balaban J connectivity index is 1.68. The molecule has 42 heavy (non-hydrogen) atoms. The Morgan fingerprint density at radius 1 is 1.10 bits per heavy atom. The first-order chi connectivity index (χ1) is 19.8. The Hall–Kier alpha value is -4.61. The molecule has 9 nitrogen and oxygen atoms in total. The molecule has 0 atom stereocenters. The van der Waals surface area contributed by atoms with Gasteiger partial charge in [-0.15, -0.1) is 0 Å². The molecule has 1 saturated heterocycles. The Morgan fingerprint density at radius 2 is 1.86 bits per heavy atom. The molecule has 0 saturated carbocycles. The van der Waals surface area contributed by atoms with E-state index in [1.165, 1.54) is 30.3 Å². The van der Waals surface area contributed by atoms with Crippen molar-refractivity contribution in [3.05, 3.63) is 70.4 Å². The van der Waals surface area contributed by atoms with Gasteiger partial charge in [-0.1, -0.05) is 22.1 Å². The predicted octanol–water partition coefficient (Wildman–Crippen LogP) is 5.20. The van der Waals surface area contributed by atoms with E-state index in [2.05, 4.69) is 20.1 Å². The van der Waals surface area contributed by atoms with Gasteiger partial charge in [0.25, 0.3) is 0 Å². The van der Waals surface area contributed by atoms with E-state index in [4.69, 9.17) is 4.74 Å². The van der Waals surface area contributed by atoms with E-state index in [1.807, 2.05) is 11.6 Å². The SMILES string of the molecule is CN1CC(n2c3cc(-c4cccc(OS(=O)(=O)F)c4)c(OCC(F)(F)F)cc3c(=O)c3c4ccc(C#N)cc4[nH]c32)C1. The number of ether oxygens (including phenoxy) is 1. The van der Waals surface area contributed by atoms with Crippen LogP contribution in [0.25, 0.3) is 44.0 Å². The summed E-state index contributed by atoms with van der Waals surface area (Å²) in [5.41, 5.74) is 1.59. The van der Waals surface area contributed by atoms with Crippen molar-refractivity contribution >= 4 is 43.3 Å². The molecule has 2 aromatic heterocycles. The van der Waals surface area contributed by atoms with Crippen molar-refractivity contribution in [3.8, 4) is 28.7 Å². The van der Waals surface area contributed by atoms with E-state index in [1.54, 1.807) is 18.2 Å². The van der Waals surface area contributed by atoms with Gasteiger partial charge in [0.1, 0.15) is 17.1 Å². The molecule has 1 aliphatic heterocycles. The number of nitrogens with one attached hydrogen (secondary N) is 1. The molecule has 1 N–H and O–H groups in total. The molecule has 216 valence electrons. The van der Waals surface area contributed by atoms with Gasteiger partial charge in [0, 0.05) is 29.6 Å². The number of alkyl halides is 3. The molecule has 3 heterocycles. The van der Waals surface area contributed by atoms with Crippen molar-refractivity contribution in [1.82, 2.24) is 14.5 Å². The van der Waals surface area contributed by atoms with Crippen molar-refractivity contribution in [1.29, 1.82) is 5.26 Å². The summed E-state index contributed by atoms with van der Waals surface area (Å²) in [6, 6.07) is 14.6. The third kappa shape index (κ3) is 5.01. The second kappa shape index (κ2) is 9.74. The Bertz CT molecular complexity index is 2110. The molecule has 0 radical (unpaired) electrons. The minimum Gasteiger partial charge on any atom is -0.483 e. The van der Waals surface area contributed by atoms with Crippen LogP contribution in [0.2, 0.25) is 0 Å². The standard InChI is InChI=1S/C28H20F4N4O5S/c1-35-12-17(13-35)36-23-9-20(16-3-2-4-18(8-16)41-42(32,38)39)24(40-14-28(29,30)31)10-21(23)26(37)25-19-6-5-15(11-33)7-22(19)34-27(25)36/h2-10,17,34H,12-14H2,1H3. The van der Waals surface area contributed by atoms with Crippen LogP contribution in [-0.2, 0) is 10.5 Å². The Labute approximate surface area is 235 Å². The number of likely N-dealkylation sites (N-methyl/N-ethyl adjacent to an activating group) is 1. The van der Waals surface area contributed by atoms with Gasteiger partial charge in [0.05, 0.1) is 34.0 Å². The van der Waals surface area contributed by atoms with Gasteiger partial charge in [0.15, 0.2) is 12.0 Å². The molecule has 0 aliphatic carbocycles. The molecule has 1 fully saturated rings. The summed E-state index contributed by atoms with van der Waals surface area (Å²) in [4.78, 5) is 19.3. The molecule has 1 aliphatic rings. The monoisotopic (exact) mass is 600 g/mol. The number of rotatable bonds is 6. The first-order valence-electron chi connectivity index (χ1n) is 12.5. The van der Waals surface area contributed by atoms with Crippen LogP contribution < -0.4 is 14.3 Å². The van der Waals surface area contributed by atoms with Crippen molar-refractivity contribution < 1.29 is 34.4 Å². The fourth-order valence-corrected chi connectivity index (χ4v) is 5.75. The lowest BCUT2D eigenvalue weighted by Crippen LogP contribution is -2.45. The van der Waals surface area contributed by atoms with Crippen LogP contribution in [0.5, 0.6) is 11.5 Å². The quantitative estimate of drug-likeness (QED) is 0.210. The predicted molar refractivity (Wildman–Crippen MR) is 146 cm³/mol. The molecule has 14 heteroatoms. The summed E-state index contributed by atoms with van der Waals surface area (Å²) >= 11 is 0.